The van der Waals surface area contributed by atoms with Crippen molar-refractivity contribution in [3.8, 4) is 0 Å². The average molecular weight is 535 g/mol. The molecule has 3 heterocycles. The Morgan fingerprint density at radius 3 is 2.53 bits per heavy atom. The van der Waals surface area contributed by atoms with Gasteiger partial charge in [-0.1, -0.05) is 35.8 Å². The number of carbonyl (C=O) groups is 2. The number of halogens is 1. The van der Waals surface area contributed by atoms with Crippen molar-refractivity contribution >= 4 is 45.9 Å². The molecule has 2 atom stereocenters. The Morgan fingerprint density at radius 2 is 1.86 bits per heavy atom. The lowest BCUT2D eigenvalue weighted by Gasteiger charge is -2.38. The van der Waals surface area contributed by atoms with Crippen LogP contribution < -0.4 is 10.6 Å². The molecule has 0 spiro atoms. The molecule has 1 aliphatic carbocycles. The number of carbonyl (C=O) groups excluding carboxylic acids is 2. The zero-order valence-corrected chi connectivity index (χ0v) is 22.9. The van der Waals surface area contributed by atoms with Crippen molar-refractivity contribution < 1.29 is 14.3 Å². The molecular weight excluding hydrogens is 500 g/mol. The van der Waals surface area contributed by atoms with Crippen LogP contribution in [0.5, 0.6) is 0 Å². The summed E-state index contributed by atoms with van der Waals surface area (Å²) >= 11 is 7.35. The Hall–Kier alpha value is -2.46. The molecule has 1 saturated carbocycles. The van der Waals surface area contributed by atoms with Crippen LogP contribution in [0.4, 0.5) is 15.7 Å². The molecule has 1 saturated heterocycles. The molecule has 0 aromatic carbocycles. The number of ether oxygens (including phenoxy) is 1. The number of nitrogens with zero attached hydrogens (tertiary/aromatic N) is 4. The molecule has 9 nitrogen and oxygen atoms in total. The van der Waals surface area contributed by atoms with Gasteiger partial charge in [0.15, 0.2) is 5.13 Å². The van der Waals surface area contributed by atoms with Gasteiger partial charge in [-0.2, -0.15) is 0 Å². The Balaban J connectivity index is 1.36. The maximum Gasteiger partial charge on any atom is 0.407 e. The molecule has 2 aliphatic rings. The first-order valence-corrected chi connectivity index (χ1v) is 13.8. The van der Waals surface area contributed by atoms with E-state index in [0.29, 0.717) is 28.4 Å². The number of nitrogens with one attached hydrogen (secondary N) is 2. The molecule has 36 heavy (non-hydrogen) atoms. The summed E-state index contributed by atoms with van der Waals surface area (Å²) in [5.74, 6) is 1.58. The van der Waals surface area contributed by atoms with Crippen molar-refractivity contribution in [2.24, 2.45) is 5.92 Å². The molecule has 0 bridgehead atoms. The summed E-state index contributed by atoms with van der Waals surface area (Å²) in [6.45, 7) is 8.77. The van der Waals surface area contributed by atoms with Crippen molar-refractivity contribution in [1.29, 1.82) is 0 Å². The number of amides is 2. The first-order chi connectivity index (χ1) is 17.1. The number of piperidine rings is 1. The summed E-state index contributed by atoms with van der Waals surface area (Å²) < 4.78 is 6.04. The number of aromatic nitrogens is 3. The SMILES string of the molecule is Cc1cc(Nc2ncc(Cl)s2)nc(C2CCN(C(=O)[C@H]3CCCC[C@@H]3NC(=O)OC(C)(C)C)CC2)n1. The number of hydrogen-bond donors (Lipinski definition) is 2. The fraction of sp³-hybridized carbons (Fsp3) is 0.640. The number of aryl methyl sites for hydroxylation is 1. The van der Waals surface area contributed by atoms with Gasteiger partial charge in [0, 0.05) is 36.8 Å². The number of anilines is 2. The number of rotatable bonds is 5. The van der Waals surface area contributed by atoms with E-state index < -0.39 is 11.7 Å². The summed E-state index contributed by atoms with van der Waals surface area (Å²) in [7, 11) is 0. The van der Waals surface area contributed by atoms with E-state index in [1.165, 1.54) is 11.3 Å². The van der Waals surface area contributed by atoms with Crippen LogP contribution in [0.25, 0.3) is 0 Å². The van der Waals surface area contributed by atoms with Gasteiger partial charge in [-0.25, -0.2) is 19.7 Å². The molecule has 1 aliphatic heterocycles. The van der Waals surface area contributed by atoms with Gasteiger partial charge in [-0.3, -0.25) is 4.79 Å². The van der Waals surface area contributed by atoms with Gasteiger partial charge in [-0.05, 0) is 53.4 Å². The number of likely N-dealkylation sites (tertiary alicyclic amines) is 1. The van der Waals surface area contributed by atoms with E-state index in [1.807, 2.05) is 38.7 Å². The van der Waals surface area contributed by atoms with E-state index >= 15 is 0 Å². The predicted molar refractivity (Wildman–Crippen MR) is 141 cm³/mol. The van der Waals surface area contributed by atoms with E-state index in [2.05, 4.69) is 20.6 Å². The van der Waals surface area contributed by atoms with Gasteiger partial charge in [-0.15, -0.1) is 0 Å². The van der Waals surface area contributed by atoms with Crippen molar-refractivity contribution in [2.45, 2.75) is 83.8 Å². The normalized spacial score (nSPS) is 21.2. The van der Waals surface area contributed by atoms with Crippen LogP contribution in [0.15, 0.2) is 12.3 Å². The summed E-state index contributed by atoms with van der Waals surface area (Å²) in [5, 5.41) is 6.86. The van der Waals surface area contributed by atoms with Gasteiger partial charge in [0.25, 0.3) is 0 Å². The lowest BCUT2D eigenvalue weighted by atomic mass is 9.83. The van der Waals surface area contributed by atoms with Crippen molar-refractivity contribution in [3.05, 3.63) is 28.1 Å². The smallest absolute Gasteiger partial charge is 0.407 e. The first-order valence-electron chi connectivity index (χ1n) is 12.6. The van der Waals surface area contributed by atoms with E-state index in [4.69, 9.17) is 21.3 Å². The third-order valence-electron chi connectivity index (χ3n) is 6.54. The number of thiazole rings is 1. The quantitative estimate of drug-likeness (QED) is 0.526. The van der Waals surface area contributed by atoms with Gasteiger partial charge >= 0.3 is 6.09 Å². The van der Waals surface area contributed by atoms with Gasteiger partial charge in [0.1, 0.15) is 21.6 Å². The van der Waals surface area contributed by atoms with Crippen molar-refractivity contribution in [3.63, 3.8) is 0 Å². The summed E-state index contributed by atoms with van der Waals surface area (Å²) in [5.41, 5.74) is 0.308. The van der Waals surface area contributed by atoms with Crippen LogP contribution >= 0.6 is 22.9 Å². The highest BCUT2D eigenvalue weighted by Crippen LogP contribution is 2.32. The highest BCUT2D eigenvalue weighted by atomic mass is 35.5. The third-order valence-corrected chi connectivity index (χ3v) is 7.57. The second kappa shape index (κ2) is 11.3. The molecular formula is C25H35ClN6O3S. The van der Waals surface area contributed by atoms with Gasteiger partial charge < -0.3 is 20.3 Å². The highest BCUT2D eigenvalue weighted by Gasteiger charge is 2.37. The minimum Gasteiger partial charge on any atom is -0.444 e. The van der Waals surface area contributed by atoms with Crippen LogP contribution in [-0.2, 0) is 9.53 Å². The van der Waals surface area contributed by atoms with Crippen LogP contribution in [0.3, 0.4) is 0 Å². The fourth-order valence-corrected chi connectivity index (χ4v) is 5.73. The maximum absolute atomic E-state index is 13.5. The molecule has 0 radical (unpaired) electrons. The topological polar surface area (TPSA) is 109 Å². The highest BCUT2D eigenvalue weighted by molar-refractivity contribution is 7.19. The van der Waals surface area contributed by atoms with Crippen LogP contribution in [-0.4, -0.2) is 56.6 Å². The standard InChI is InChI=1S/C25H35ClN6O3S/c1-15-13-20(31-23-27-14-19(26)36-23)30-21(28-15)16-9-11-32(12-10-16)22(33)17-7-5-6-8-18(17)29-24(34)35-25(2,3)4/h13-14,16-18H,5-12H2,1-4H3,(H,29,34)(H,27,28,30,31)/t17-,18-/m0/s1. The molecule has 2 aromatic rings. The van der Waals surface area contributed by atoms with Crippen LogP contribution in [0.2, 0.25) is 4.34 Å². The molecule has 2 aromatic heterocycles. The van der Waals surface area contributed by atoms with E-state index in [-0.39, 0.29) is 23.8 Å². The van der Waals surface area contributed by atoms with E-state index in [9.17, 15) is 9.59 Å². The maximum atomic E-state index is 13.5. The number of hydrogen-bond acceptors (Lipinski definition) is 8. The molecule has 4 rings (SSSR count). The van der Waals surface area contributed by atoms with Crippen molar-refractivity contribution in [1.82, 2.24) is 25.2 Å². The lowest BCUT2D eigenvalue weighted by molar-refractivity contribution is -0.138. The summed E-state index contributed by atoms with van der Waals surface area (Å²) in [6, 6.07) is 1.70. The predicted octanol–water partition coefficient (Wildman–Crippen LogP) is 5.43. The Bertz CT molecular complexity index is 1080. The molecule has 2 fully saturated rings. The molecule has 11 heteroatoms. The number of alkyl carbamates (subject to hydrolysis) is 1. The average Bonchev–Trinajstić information content (AvgIpc) is 3.22. The Morgan fingerprint density at radius 1 is 1.14 bits per heavy atom. The van der Waals surface area contributed by atoms with E-state index in [0.717, 1.165) is 50.0 Å². The minimum absolute atomic E-state index is 0.127. The van der Waals surface area contributed by atoms with Crippen molar-refractivity contribution in [2.75, 3.05) is 18.4 Å². The lowest BCUT2D eigenvalue weighted by Crippen LogP contribution is -2.51. The second-order valence-corrected chi connectivity index (χ2v) is 12.3. The van der Waals surface area contributed by atoms with Crippen LogP contribution in [0.1, 0.15) is 76.7 Å². The fourth-order valence-electron chi connectivity index (χ4n) is 4.91. The summed E-state index contributed by atoms with van der Waals surface area (Å²) in [4.78, 5) is 41.4. The zero-order valence-electron chi connectivity index (χ0n) is 21.3. The van der Waals surface area contributed by atoms with E-state index in [1.54, 1.807) is 6.20 Å². The van der Waals surface area contributed by atoms with Gasteiger partial charge in [0.2, 0.25) is 5.91 Å². The Labute approximate surface area is 221 Å². The van der Waals surface area contributed by atoms with Crippen LogP contribution in [0, 0.1) is 12.8 Å². The molecule has 0 unspecified atom stereocenters. The summed E-state index contributed by atoms with van der Waals surface area (Å²) in [6.07, 6.45) is 6.34. The second-order valence-electron chi connectivity index (χ2n) is 10.6. The zero-order chi connectivity index (χ0) is 25.9. The Kier molecular flexibility index (Phi) is 8.34. The first kappa shape index (κ1) is 26.6. The molecule has 2 N–H and O–H groups in total. The van der Waals surface area contributed by atoms with Gasteiger partial charge in [0.05, 0.1) is 12.1 Å². The molecule has 2 amide bonds. The third kappa shape index (κ3) is 7.06. The minimum atomic E-state index is -0.569. The molecule has 196 valence electrons. The monoisotopic (exact) mass is 534 g/mol. The largest absolute Gasteiger partial charge is 0.444 e.